The van der Waals surface area contributed by atoms with Crippen molar-refractivity contribution in [3.05, 3.63) is 48.6 Å². The van der Waals surface area contributed by atoms with E-state index in [1.54, 1.807) is 0 Å². The highest BCUT2D eigenvalue weighted by molar-refractivity contribution is 7.47. The van der Waals surface area contributed by atoms with Gasteiger partial charge in [0.2, 0.25) is 0 Å². The Kier molecular flexibility index (Phi) is 32.9. The number of unbranched alkanes of at least 4 members (excludes halogenated alkanes) is 12. The van der Waals surface area contributed by atoms with Crippen molar-refractivity contribution in [2.24, 2.45) is 0 Å². The van der Waals surface area contributed by atoms with E-state index in [-0.39, 0.29) is 19.4 Å². The lowest BCUT2D eigenvalue weighted by atomic mass is 10.0. The van der Waals surface area contributed by atoms with Crippen LogP contribution in [-0.2, 0) is 32.7 Å². The monoisotopic (exact) mass is 714 g/mol. The number of carbonyl (C=O) groups excluding carboxylic acids is 2. The molecule has 0 saturated carbocycles. The van der Waals surface area contributed by atoms with Crippen LogP contribution in [-0.4, -0.2) is 65.7 Å². The molecule has 49 heavy (non-hydrogen) atoms. The molecule has 0 radical (unpaired) electrons. The second-order valence-corrected chi connectivity index (χ2v) is 13.7. The third-order valence-corrected chi connectivity index (χ3v) is 8.45. The fourth-order valence-corrected chi connectivity index (χ4v) is 5.42. The third-order valence-electron chi connectivity index (χ3n) is 7.50. The van der Waals surface area contributed by atoms with Gasteiger partial charge in [0.25, 0.3) is 0 Å². The molecule has 0 aliphatic rings. The first-order valence-corrected chi connectivity index (χ1v) is 20.1. The van der Waals surface area contributed by atoms with Crippen LogP contribution in [0.4, 0.5) is 0 Å². The number of phosphoric ester groups is 1. The lowest BCUT2D eigenvalue weighted by molar-refractivity contribution is -0.161. The quantitative estimate of drug-likeness (QED) is 0.0255. The van der Waals surface area contributed by atoms with Gasteiger partial charge in [0.05, 0.1) is 19.8 Å². The molecule has 0 aliphatic carbocycles. The van der Waals surface area contributed by atoms with Crippen molar-refractivity contribution in [3.63, 3.8) is 0 Å². The summed E-state index contributed by atoms with van der Waals surface area (Å²) in [7, 11) is -4.60. The number of rotatable bonds is 34. The number of esters is 2. The van der Waals surface area contributed by atoms with Crippen molar-refractivity contribution in [2.75, 3.05) is 26.4 Å². The maximum Gasteiger partial charge on any atom is 0.472 e. The standard InChI is InChI=1S/C38H67O10P/c1-3-5-7-8-9-10-11-12-13-14-15-16-17-18-19-20-21-22-23-24-25-26-28-30-38(42)48-36(33-45-37(41)29-27-6-4-2)34-47-49(43,44)46-32-35(40)31-39/h5,7,9-10,12-13,15-16,35-36,39-40H,3-4,6,8,11,14,17-34H2,1-2H3,(H,43,44)/b7-5-,10-9-,13-12-,16-15-. The molecule has 0 aromatic heterocycles. The molecule has 0 spiro atoms. The lowest BCUT2D eigenvalue weighted by Gasteiger charge is -2.20. The molecule has 3 N–H and O–H groups in total. The molecule has 0 fully saturated rings. The highest BCUT2D eigenvalue weighted by Crippen LogP contribution is 2.43. The van der Waals surface area contributed by atoms with Gasteiger partial charge in [-0.25, -0.2) is 4.57 Å². The molecule has 0 aliphatic heterocycles. The summed E-state index contributed by atoms with van der Waals surface area (Å²) in [6.45, 7) is 2.04. The molecule has 3 atom stereocenters. The van der Waals surface area contributed by atoms with Gasteiger partial charge < -0.3 is 24.6 Å². The first kappa shape index (κ1) is 46.9. The Hall–Kier alpha value is -2.07. The van der Waals surface area contributed by atoms with Gasteiger partial charge in [0, 0.05) is 12.8 Å². The summed E-state index contributed by atoms with van der Waals surface area (Å²) >= 11 is 0. The first-order chi connectivity index (χ1) is 23.7. The van der Waals surface area contributed by atoms with Crippen LogP contribution in [0.25, 0.3) is 0 Å². The highest BCUT2D eigenvalue weighted by atomic mass is 31.2. The Morgan fingerprint density at radius 3 is 1.69 bits per heavy atom. The Morgan fingerprint density at radius 2 is 1.12 bits per heavy atom. The molecule has 3 unspecified atom stereocenters. The van der Waals surface area contributed by atoms with Crippen LogP contribution in [0.5, 0.6) is 0 Å². The minimum Gasteiger partial charge on any atom is -0.462 e. The Bertz CT molecular complexity index is 962. The zero-order chi connectivity index (χ0) is 36.3. The number of aliphatic hydroxyl groups excluding tert-OH is 2. The number of hydrogen-bond donors (Lipinski definition) is 3. The summed E-state index contributed by atoms with van der Waals surface area (Å²) in [5, 5.41) is 18.2. The van der Waals surface area contributed by atoms with E-state index in [1.165, 1.54) is 38.5 Å². The predicted octanol–water partition coefficient (Wildman–Crippen LogP) is 8.99. The van der Waals surface area contributed by atoms with E-state index in [1.807, 2.05) is 6.92 Å². The van der Waals surface area contributed by atoms with Crippen LogP contribution in [0.2, 0.25) is 0 Å². The topological polar surface area (TPSA) is 149 Å². The van der Waals surface area contributed by atoms with Gasteiger partial charge >= 0.3 is 19.8 Å². The van der Waals surface area contributed by atoms with E-state index in [9.17, 15) is 24.2 Å². The largest absolute Gasteiger partial charge is 0.472 e. The summed E-state index contributed by atoms with van der Waals surface area (Å²) in [6, 6.07) is 0. The predicted molar refractivity (Wildman–Crippen MR) is 196 cm³/mol. The second-order valence-electron chi connectivity index (χ2n) is 12.2. The molecule has 10 nitrogen and oxygen atoms in total. The van der Waals surface area contributed by atoms with Crippen LogP contribution in [0.1, 0.15) is 142 Å². The maximum absolute atomic E-state index is 12.5. The van der Waals surface area contributed by atoms with Crippen molar-refractivity contribution >= 4 is 19.8 Å². The lowest BCUT2D eigenvalue weighted by Crippen LogP contribution is -2.29. The third kappa shape index (κ3) is 34.2. The number of phosphoric acid groups is 1. The van der Waals surface area contributed by atoms with Gasteiger partial charge in [-0.15, -0.1) is 0 Å². The van der Waals surface area contributed by atoms with Crippen LogP contribution >= 0.6 is 7.82 Å². The Balaban J connectivity index is 4.05. The van der Waals surface area contributed by atoms with E-state index in [0.29, 0.717) is 12.8 Å². The van der Waals surface area contributed by atoms with E-state index in [0.717, 1.165) is 64.2 Å². The summed E-state index contributed by atoms with van der Waals surface area (Å²) in [5.41, 5.74) is 0. The Morgan fingerprint density at radius 1 is 0.633 bits per heavy atom. The number of allylic oxidation sites excluding steroid dienone is 8. The summed E-state index contributed by atoms with van der Waals surface area (Å²) in [4.78, 5) is 34.3. The van der Waals surface area contributed by atoms with Crippen LogP contribution < -0.4 is 0 Å². The van der Waals surface area contributed by atoms with E-state index in [4.69, 9.17) is 19.1 Å². The number of hydrogen-bond acceptors (Lipinski definition) is 9. The molecular formula is C38H67O10P. The van der Waals surface area contributed by atoms with Gasteiger partial charge in [0.15, 0.2) is 6.10 Å². The molecule has 0 aromatic carbocycles. The van der Waals surface area contributed by atoms with Crippen molar-refractivity contribution < 1.29 is 47.8 Å². The van der Waals surface area contributed by atoms with Crippen LogP contribution in [0.15, 0.2) is 48.6 Å². The summed E-state index contributed by atoms with van der Waals surface area (Å²) in [6.07, 6.45) is 34.7. The molecule has 284 valence electrons. The summed E-state index contributed by atoms with van der Waals surface area (Å²) in [5.74, 6) is -0.962. The van der Waals surface area contributed by atoms with E-state index >= 15 is 0 Å². The second kappa shape index (κ2) is 34.4. The van der Waals surface area contributed by atoms with Crippen molar-refractivity contribution in [3.8, 4) is 0 Å². The first-order valence-electron chi connectivity index (χ1n) is 18.6. The summed E-state index contributed by atoms with van der Waals surface area (Å²) < 4.78 is 32.2. The van der Waals surface area contributed by atoms with E-state index < -0.39 is 51.8 Å². The van der Waals surface area contributed by atoms with Gasteiger partial charge in [-0.1, -0.05) is 127 Å². The molecule has 11 heteroatoms. The SMILES string of the molecule is CC/C=C\C/C=C\C/C=C\C/C=C\CCCCCCCCCCCCC(=O)OC(COC(=O)CCCCC)COP(=O)(O)OCC(O)CO. The molecule has 0 amide bonds. The number of ether oxygens (including phenoxy) is 2. The van der Waals surface area contributed by atoms with Gasteiger partial charge in [-0.2, -0.15) is 0 Å². The zero-order valence-corrected chi connectivity index (χ0v) is 31.3. The Labute approximate surface area is 296 Å². The zero-order valence-electron chi connectivity index (χ0n) is 30.4. The van der Waals surface area contributed by atoms with Crippen LogP contribution in [0, 0.1) is 0 Å². The normalized spacial score (nSPS) is 14.6. The highest BCUT2D eigenvalue weighted by Gasteiger charge is 2.27. The fourth-order valence-electron chi connectivity index (χ4n) is 4.63. The fraction of sp³-hybridized carbons (Fsp3) is 0.737. The van der Waals surface area contributed by atoms with E-state index in [2.05, 4.69) is 60.1 Å². The molecule has 0 rings (SSSR count). The van der Waals surface area contributed by atoms with Crippen LogP contribution in [0.3, 0.4) is 0 Å². The average Bonchev–Trinajstić information content (AvgIpc) is 3.08. The van der Waals surface area contributed by atoms with Gasteiger partial charge in [-0.3, -0.25) is 18.6 Å². The molecule has 0 saturated heterocycles. The molecular weight excluding hydrogens is 647 g/mol. The van der Waals surface area contributed by atoms with Gasteiger partial charge in [-0.05, 0) is 51.4 Å². The minimum atomic E-state index is -4.60. The van der Waals surface area contributed by atoms with Gasteiger partial charge in [0.1, 0.15) is 12.7 Å². The minimum absolute atomic E-state index is 0.177. The van der Waals surface area contributed by atoms with Crippen molar-refractivity contribution in [1.82, 2.24) is 0 Å². The number of carbonyl (C=O) groups is 2. The van der Waals surface area contributed by atoms with Crippen molar-refractivity contribution in [2.45, 2.75) is 154 Å². The molecule has 0 aromatic rings. The average molecular weight is 715 g/mol. The molecule has 0 heterocycles. The van der Waals surface area contributed by atoms with Crippen molar-refractivity contribution in [1.29, 1.82) is 0 Å². The number of aliphatic hydroxyl groups is 2. The smallest absolute Gasteiger partial charge is 0.462 e. The molecule has 0 bridgehead atoms. The maximum atomic E-state index is 12.5.